The van der Waals surface area contributed by atoms with Gasteiger partial charge in [-0.2, -0.15) is 5.10 Å². The van der Waals surface area contributed by atoms with E-state index >= 15 is 0 Å². The molecular formula is C23H30N4O2. The minimum atomic E-state index is -0.479. The van der Waals surface area contributed by atoms with Gasteiger partial charge in [-0.05, 0) is 43.7 Å². The van der Waals surface area contributed by atoms with Crippen LogP contribution in [0.4, 0.5) is 5.69 Å². The molecule has 0 spiro atoms. The number of rotatable bonds is 6. The highest BCUT2D eigenvalue weighted by Gasteiger charge is 2.43. The largest absolute Gasteiger partial charge is 0.352 e. The van der Waals surface area contributed by atoms with Gasteiger partial charge in [0, 0.05) is 12.2 Å². The molecule has 2 N–H and O–H groups in total. The monoisotopic (exact) mass is 394 g/mol. The molecule has 2 aliphatic carbocycles. The molecule has 29 heavy (non-hydrogen) atoms. The summed E-state index contributed by atoms with van der Waals surface area (Å²) < 4.78 is 1.59. The third-order valence-corrected chi connectivity index (χ3v) is 6.47. The van der Waals surface area contributed by atoms with Crippen molar-refractivity contribution in [1.82, 2.24) is 15.1 Å². The first-order chi connectivity index (χ1) is 14.1. The highest BCUT2D eigenvalue weighted by molar-refractivity contribution is 5.99. The number of benzene rings is 1. The Hall–Kier alpha value is -2.63. The Labute approximate surface area is 172 Å². The van der Waals surface area contributed by atoms with E-state index < -0.39 is 5.41 Å². The number of hydrogen-bond acceptors (Lipinski definition) is 3. The summed E-state index contributed by atoms with van der Waals surface area (Å²) in [7, 11) is 0. The molecule has 0 bridgehead atoms. The minimum Gasteiger partial charge on any atom is -0.352 e. The summed E-state index contributed by atoms with van der Waals surface area (Å²) in [4.78, 5) is 25.5. The molecular weight excluding hydrogens is 364 g/mol. The van der Waals surface area contributed by atoms with E-state index in [0.29, 0.717) is 11.7 Å². The van der Waals surface area contributed by atoms with Crippen molar-refractivity contribution in [2.45, 2.75) is 76.3 Å². The van der Waals surface area contributed by atoms with Gasteiger partial charge in [-0.3, -0.25) is 14.3 Å². The maximum absolute atomic E-state index is 13.3. The van der Waals surface area contributed by atoms with Crippen LogP contribution in [0.5, 0.6) is 0 Å². The molecule has 0 saturated heterocycles. The zero-order chi connectivity index (χ0) is 20.3. The summed E-state index contributed by atoms with van der Waals surface area (Å²) in [6, 6.07) is 8.48. The Kier molecular flexibility index (Phi) is 5.69. The van der Waals surface area contributed by atoms with Crippen molar-refractivity contribution in [3.05, 3.63) is 47.8 Å². The van der Waals surface area contributed by atoms with Gasteiger partial charge in [-0.15, -0.1) is 0 Å². The summed E-state index contributed by atoms with van der Waals surface area (Å²) in [5.41, 5.74) is 2.44. The molecule has 0 radical (unpaired) electrons. The van der Waals surface area contributed by atoms with Crippen LogP contribution in [0.1, 0.15) is 62.5 Å². The van der Waals surface area contributed by atoms with E-state index in [-0.39, 0.29) is 18.4 Å². The van der Waals surface area contributed by atoms with E-state index in [0.717, 1.165) is 49.7 Å². The number of aromatic nitrogens is 2. The smallest absolute Gasteiger partial charge is 0.241 e. The predicted octanol–water partition coefficient (Wildman–Crippen LogP) is 3.70. The summed E-state index contributed by atoms with van der Waals surface area (Å²) in [6.07, 6.45) is 11.7. The molecule has 1 heterocycles. The Balaban J connectivity index is 1.43. The Bertz CT molecular complexity index is 877. The third kappa shape index (κ3) is 4.21. The van der Waals surface area contributed by atoms with Crippen molar-refractivity contribution in [3.63, 3.8) is 0 Å². The first-order valence-electron chi connectivity index (χ1n) is 10.8. The molecule has 2 aliphatic rings. The number of carbonyl (C=O) groups is 2. The summed E-state index contributed by atoms with van der Waals surface area (Å²) >= 11 is 0. The molecule has 6 nitrogen and oxygen atoms in total. The molecule has 2 aromatic rings. The third-order valence-electron chi connectivity index (χ3n) is 6.47. The van der Waals surface area contributed by atoms with E-state index in [1.54, 1.807) is 17.1 Å². The van der Waals surface area contributed by atoms with E-state index in [1.165, 1.54) is 12.8 Å². The van der Waals surface area contributed by atoms with Crippen LogP contribution in [0, 0.1) is 6.92 Å². The Morgan fingerprint density at radius 3 is 2.59 bits per heavy atom. The van der Waals surface area contributed by atoms with Gasteiger partial charge in [-0.25, -0.2) is 0 Å². The van der Waals surface area contributed by atoms with Gasteiger partial charge in [0.2, 0.25) is 11.8 Å². The molecule has 2 saturated carbocycles. The lowest BCUT2D eigenvalue weighted by molar-refractivity contribution is -0.122. The van der Waals surface area contributed by atoms with E-state index in [2.05, 4.69) is 34.8 Å². The van der Waals surface area contributed by atoms with Gasteiger partial charge >= 0.3 is 0 Å². The van der Waals surface area contributed by atoms with Crippen molar-refractivity contribution in [2.24, 2.45) is 0 Å². The van der Waals surface area contributed by atoms with Crippen LogP contribution in [-0.2, 0) is 21.5 Å². The van der Waals surface area contributed by atoms with Crippen LogP contribution in [-0.4, -0.2) is 27.6 Å². The molecule has 4 rings (SSSR count). The number of anilines is 1. The Morgan fingerprint density at radius 2 is 1.86 bits per heavy atom. The van der Waals surface area contributed by atoms with Crippen LogP contribution in [0.3, 0.4) is 0 Å². The van der Waals surface area contributed by atoms with Gasteiger partial charge in [0.1, 0.15) is 6.54 Å². The fourth-order valence-corrected chi connectivity index (χ4v) is 4.96. The SMILES string of the molecule is Cc1ccccc1C1(C(=O)Nc2cnn(CC(=O)NC3CCCC3)c2)CCCC1. The summed E-state index contributed by atoms with van der Waals surface area (Å²) in [5, 5.41) is 10.4. The first-order valence-corrected chi connectivity index (χ1v) is 10.8. The number of aryl methyl sites for hydroxylation is 1. The van der Waals surface area contributed by atoms with Gasteiger partial charge in [0.25, 0.3) is 0 Å². The summed E-state index contributed by atoms with van der Waals surface area (Å²) in [6.45, 7) is 2.25. The second kappa shape index (κ2) is 8.39. The fourth-order valence-electron chi connectivity index (χ4n) is 4.96. The van der Waals surface area contributed by atoms with E-state index in [1.807, 2.05) is 12.1 Å². The van der Waals surface area contributed by atoms with Crippen molar-refractivity contribution in [2.75, 3.05) is 5.32 Å². The number of carbonyl (C=O) groups excluding carboxylic acids is 2. The van der Waals surface area contributed by atoms with Crippen LogP contribution < -0.4 is 10.6 Å². The van der Waals surface area contributed by atoms with Crippen LogP contribution in [0.15, 0.2) is 36.7 Å². The van der Waals surface area contributed by atoms with Crippen molar-refractivity contribution >= 4 is 17.5 Å². The molecule has 1 aromatic carbocycles. The normalized spacial score (nSPS) is 18.7. The number of amides is 2. The minimum absolute atomic E-state index is 0.0231. The molecule has 0 atom stereocenters. The topological polar surface area (TPSA) is 76.0 Å². The van der Waals surface area contributed by atoms with Crippen LogP contribution >= 0.6 is 0 Å². The highest BCUT2D eigenvalue weighted by Crippen LogP contribution is 2.43. The lowest BCUT2D eigenvalue weighted by atomic mass is 9.76. The fraction of sp³-hybridized carbons (Fsp3) is 0.522. The maximum Gasteiger partial charge on any atom is 0.241 e. The van der Waals surface area contributed by atoms with Crippen molar-refractivity contribution in [1.29, 1.82) is 0 Å². The predicted molar refractivity (Wildman–Crippen MR) is 113 cm³/mol. The van der Waals surface area contributed by atoms with Gasteiger partial charge in [-0.1, -0.05) is 49.9 Å². The quantitative estimate of drug-likeness (QED) is 0.784. The molecule has 0 aliphatic heterocycles. The number of nitrogens with one attached hydrogen (secondary N) is 2. The zero-order valence-electron chi connectivity index (χ0n) is 17.1. The average Bonchev–Trinajstić information content (AvgIpc) is 3.45. The van der Waals surface area contributed by atoms with Gasteiger partial charge in [0.05, 0.1) is 17.3 Å². The molecule has 154 valence electrons. The lowest BCUT2D eigenvalue weighted by Crippen LogP contribution is -2.38. The molecule has 2 amide bonds. The number of hydrogen-bond donors (Lipinski definition) is 2. The molecule has 2 fully saturated rings. The highest BCUT2D eigenvalue weighted by atomic mass is 16.2. The van der Waals surface area contributed by atoms with Crippen LogP contribution in [0.2, 0.25) is 0 Å². The maximum atomic E-state index is 13.3. The summed E-state index contributed by atoms with van der Waals surface area (Å²) in [5.74, 6) is 0.00399. The van der Waals surface area contributed by atoms with Crippen molar-refractivity contribution < 1.29 is 9.59 Å². The zero-order valence-corrected chi connectivity index (χ0v) is 17.1. The molecule has 1 aromatic heterocycles. The average molecular weight is 395 g/mol. The van der Waals surface area contributed by atoms with Crippen LogP contribution in [0.25, 0.3) is 0 Å². The molecule has 0 unspecified atom stereocenters. The van der Waals surface area contributed by atoms with Crippen molar-refractivity contribution in [3.8, 4) is 0 Å². The van der Waals surface area contributed by atoms with Gasteiger partial charge in [0.15, 0.2) is 0 Å². The second-order valence-electron chi connectivity index (χ2n) is 8.53. The van der Waals surface area contributed by atoms with E-state index in [9.17, 15) is 9.59 Å². The lowest BCUT2D eigenvalue weighted by Gasteiger charge is -2.29. The van der Waals surface area contributed by atoms with Gasteiger partial charge < -0.3 is 10.6 Å². The first kappa shape index (κ1) is 19.7. The second-order valence-corrected chi connectivity index (χ2v) is 8.53. The van der Waals surface area contributed by atoms with E-state index in [4.69, 9.17) is 0 Å². The molecule has 6 heteroatoms. The number of nitrogens with zero attached hydrogens (tertiary/aromatic N) is 2. The Morgan fingerprint density at radius 1 is 1.14 bits per heavy atom. The standard InChI is InChI=1S/C23H30N4O2/c1-17-8-2-5-11-20(17)23(12-6-7-13-23)22(29)26-19-14-24-27(15-19)16-21(28)25-18-9-3-4-10-18/h2,5,8,11,14-15,18H,3-4,6-7,9-10,12-13,16H2,1H3,(H,25,28)(H,26,29).